The lowest BCUT2D eigenvalue weighted by atomic mass is 10.1. The molecule has 2 aliphatic rings. The summed E-state index contributed by atoms with van der Waals surface area (Å²) >= 11 is 0. The van der Waals surface area contributed by atoms with Crippen LogP contribution in [0.15, 0.2) is 41.3 Å². The molecule has 2 aromatic rings. The summed E-state index contributed by atoms with van der Waals surface area (Å²) in [6.07, 6.45) is 2.53. The number of benzene rings is 2. The Labute approximate surface area is 149 Å². The van der Waals surface area contributed by atoms with Gasteiger partial charge in [-0.2, -0.15) is 4.31 Å². The Balaban J connectivity index is 1.69. The van der Waals surface area contributed by atoms with Crippen LogP contribution < -0.4 is 4.90 Å². The van der Waals surface area contributed by atoms with E-state index in [4.69, 9.17) is 0 Å². The van der Waals surface area contributed by atoms with Crippen LogP contribution in [0.1, 0.15) is 12.8 Å². The van der Waals surface area contributed by atoms with Crippen LogP contribution in [0.25, 0.3) is 10.8 Å². The summed E-state index contributed by atoms with van der Waals surface area (Å²) in [5, 5.41) is 1.78. The molecule has 0 aromatic heterocycles. The van der Waals surface area contributed by atoms with Gasteiger partial charge in [-0.1, -0.05) is 24.3 Å². The van der Waals surface area contributed by atoms with Gasteiger partial charge in [0.2, 0.25) is 10.0 Å². The molecule has 2 fully saturated rings. The van der Waals surface area contributed by atoms with Gasteiger partial charge in [-0.25, -0.2) is 8.42 Å². The second-order valence-corrected chi connectivity index (χ2v) is 9.10. The van der Waals surface area contributed by atoms with Crippen molar-refractivity contribution in [2.24, 2.45) is 0 Å². The summed E-state index contributed by atoms with van der Waals surface area (Å²) in [4.78, 5) is 4.88. The van der Waals surface area contributed by atoms with Crippen molar-refractivity contribution < 1.29 is 8.42 Å². The molecule has 4 rings (SSSR count). The quantitative estimate of drug-likeness (QED) is 0.841. The smallest absolute Gasteiger partial charge is 0.243 e. The topological polar surface area (TPSA) is 43.9 Å². The van der Waals surface area contributed by atoms with Gasteiger partial charge < -0.3 is 4.90 Å². The third-order valence-electron chi connectivity index (χ3n) is 5.30. The minimum atomic E-state index is -3.47. The van der Waals surface area contributed by atoms with Crippen LogP contribution in [-0.2, 0) is 10.0 Å². The highest BCUT2D eigenvalue weighted by molar-refractivity contribution is 7.89. The monoisotopic (exact) mass is 359 g/mol. The highest BCUT2D eigenvalue weighted by Gasteiger charge is 2.35. The first-order valence-electron chi connectivity index (χ1n) is 8.92. The molecular formula is C19H25N3O2S. The van der Waals surface area contributed by atoms with E-state index < -0.39 is 10.0 Å². The van der Waals surface area contributed by atoms with E-state index in [0.29, 0.717) is 24.0 Å². The van der Waals surface area contributed by atoms with Gasteiger partial charge in [0.25, 0.3) is 0 Å². The van der Waals surface area contributed by atoms with E-state index >= 15 is 0 Å². The molecule has 0 radical (unpaired) electrons. The normalized spacial score (nSPS) is 20.1. The van der Waals surface area contributed by atoms with Gasteiger partial charge in [0.1, 0.15) is 0 Å². The molecule has 2 aromatic carbocycles. The average Bonchev–Trinajstić information content (AvgIpc) is 3.45. The second kappa shape index (κ2) is 6.27. The number of anilines is 1. The molecule has 0 amide bonds. The van der Waals surface area contributed by atoms with Crippen LogP contribution in [0.3, 0.4) is 0 Å². The van der Waals surface area contributed by atoms with Crippen LogP contribution in [0, 0.1) is 0 Å². The van der Waals surface area contributed by atoms with Crippen LogP contribution in [-0.4, -0.2) is 63.9 Å². The van der Waals surface area contributed by atoms with Crippen molar-refractivity contribution in [2.75, 3.05) is 45.2 Å². The van der Waals surface area contributed by atoms with Crippen molar-refractivity contribution in [3.63, 3.8) is 0 Å². The van der Waals surface area contributed by atoms with E-state index in [-0.39, 0.29) is 0 Å². The van der Waals surface area contributed by atoms with Gasteiger partial charge in [-0.3, -0.25) is 4.90 Å². The van der Waals surface area contributed by atoms with E-state index in [1.165, 1.54) is 12.8 Å². The van der Waals surface area contributed by atoms with E-state index in [2.05, 4.69) is 4.90 Å². The zero-order chi connectivity index (χ0) is 17.6. The van der Waals surface area contributed by atoms with E-state index in [1.54, 1.807) is 10.4 Å². The highest BCUT2D eigenvalue weighted by atomic mass is 32.2. The molecule has 6 heteroatoms. The van der Waals surface area contributed by atoms with Crippen LogP contribution in [0.2, 0.25) is 0 Å². The Morgan fingerprint density at radius 2 is 1.56 bits per heavy atom. The van der Waals surface area contributed by atoms with Gasteiger partial charge in [0.05, 0.1) is 4.90 Å². The fourth-order valence-electron chi connectivity index (χ4n) is 3.77. The molecule has 0 bridgehead atoms. The van der Waals surface area contributed by atoms with E-state index in [1.807, 2.05) is 49.3 Å². The number of hydrogen-bond donors (Lipinski definition) is 0. The molecule has 25 heavy (non-hydrogen) atoms. The van der Waals surface area contributed by atoms with Gasteiger partial charge >= 0.3 is 0 Å². The summed E-state index contributed by atoms with van der Waals surface area (Å²) in [6, 6.07) is 12.1. The fraction of sp³-hybridized carbons (Fsp3) is 0.474. The Bertz CT molecular complexity index is 883. The standard InChI is InChI=1S/C19H25N3O2S/c1-20(2)18-7-3-6-17-16(18)5-4-8-19(17)25(23,24)22-13-11-21(12-14-22)15-9-10-15/h3-8,15H,9-14H2,1-2H3. The van der Waals surface area contributed by atoms with E-state index in [9.17, 15) is 8.42 Å². The number of sulfonamides is 1. The summed E-state index contributed by atoms with van der Waals surface area (Å²) < 4.78 is 28.2. The molecule has 5 nitrogen and oxygen atoms in total. The first-order chi connectivity index (χ1) is 12.0. The molecular weight excluding hydrogens is 334 g/mol. The maximum absolute atomic E-state index is 13.3. The molecule has 0 atom stereocenters. The molecule has 0 unspecified atom stereocenters. The number of piperazine rings is 1. The Kier molecular flexibility index (Phi) is 4.22. The van der Waals surface area contributed by atoms with Crippen molar-refractivity contribution in [1.82, 2.24) is 9.21 Å². The highest BCUT2D eigenvalue weighted by Crippen LogP contribution is 2.33. The molecule has 0 spiro atoms. The zero-order valence-corrected chi connectivity index (χ0v) is 15.7. The van der Waals surface area contributed by atoms with E-state index in [0.717, 1.165) is 29.5 Å². The maximum atomic E-state index is 13.3. The molecule has 1 aliphatic heterocycles. The van der Waals surface area contributed by atoms with Gasteiger partial charge in [0, 0.05) is 62.8 Å². The third kappa shape index (κ3) is 3.03. The first-order valence-corrected chi connectivity index (χ1v) is 10.4. The lowest BCUT2D eigenvalue weighted by Gasteiger charge is -2.34. The summed E-state index contributed by atoms with van der Waals surface area (Å²) in [5.74, 6) is 0. The Hall–Kier alpha value is -1.63. The molecule has 134 valence electrons. The summed E-state index contributed by atoms with van der Waals surface area (Å²) in [5.41, 5.74) is 1.04. The SMILES string of the molecule is CN(C)c1cccc2c(S(=O)(=O)N3CCN(C4CC4)CC3)cccc12. The average molecular weight is 359 g/mol. The minimum Gasteiger partial charge on any atom is -0.377 e. The van der Waals surface area contributed by atoms with Gasteiger partial charge in [0.15, 0.2) is 0 Å². The lowest BCUT2D eigenvalue weighted by Crippen LogP contribution is -2.49. The predicted octanol–water partition coefficient (Wildman–Crippen LogP) is 2.37. The number of hydrogen-bond acceptors (Lipinski definition) is 4. The molecule has 0 N–H and O–H groups in total. The maximum Gasteiger partial charge on any atom is 0.243 e. The van der Waals surface area contributed by atoms with Gasteiger partial charge in [-0.15, -0.1) is 0 Å². The molecule has 1 saturated heterocycles. The van der Waals surface area contributed by atoms with Crippen molar-refractivity contribution in [2.45, 2.75) is 23.8 Å². The zero-order valence-electron chi connectivity index (χ0n) is 14.9. The first kappa shape index (κ1) is 16.8. The van der Waals surface area contributed by atoms with Gasteiger partial charge in [-0.05, 0) is 25.0 Å². The van der Waals surface area contributed by atoms with Crippen molar-refractivity contribution in [3.8, 4) is 0 Å². The third-order valence-corrected chi connectivity index (χ3v) is 7.25. The van der Waals surface area contributed by atoms with Crippen molar-refractivity contribution >= 4 is 26.5 Å². The lowest BCUT2D eigenvalue weighted by molar-refractivity contribution is 0.180. The summed E-state index contributed by atoms with van der Waals surface area (Å²) in [6.45, 7) is 2.86. The Morgan fingerprint density at radius 3 is 2.20 bits per heavy atom. The molecule has 1 heterocycles. The van der Waals surface area contributed by atoms with Crippen molar-refractivity contribution in [1.29, 1.82) is 0 Å². The largest absolute Gasteiger partial charge is 0.377 e. The Morgan fingerprint density at radius 1 is 0.920 bits per heavy atom. The molecule has 1 aliphatic carbocycles. The van der Waals surface area contributed by atoms with Crippen molar-refractivity contribution in [3.05, 3.63) is 36.4 Å². The van der Waals surface area contributed by atoms with Crippen LogP contribution in [0.4, 0.5) is 5.69 Å². The second-order valence-electron chi connectivity index (χ2n) is 7.19. The number of rotatable bonds is 4. The number of nitrogens with zero attached hydrogens (tertiary/aromatic N) is 3. The van der Waals surface area contributed by atoms with Crippen LogP contribution in [0.5, 0.6) is 0 Å². The molecule has 1 saturated carbocycles. The summed E-state index contributed by atoms with van der Waals surface area (Å²) in [7, 11) is 0.487. The number of fused-ring (bicyclic) bond motifs is 1. The predicted molar refractivity (Wildman–Crippen MR) is 102 cm³/mol. The van der Waals surface area contributed by atoms with Crippen LogP contribution >= 0.6 is 0 Å². The fourth-order valence-corrected chi connectivity index (χ4v) is 5.40. The minimum absolute atomic E-state index is 0.425.